The Bertz CT molecular complexity index is 368. The molecule has 92 valence electrons. The van der Waals surface area contributed by atoms with Crippen LogP contribution in [-0.4, -0.2) is 18.6 Å². The van der Waals surface area contributed by atoms with E-state index < -0.39 is 0 Å². The highest BCUT2D eigenvalue weighted by Crippen LogP contribution is 2.13. The second-order valence-corrected chi connectivity index (χ2v) is 4.06. The molecule has 1 N–H and O–H groups in total. The molecule has 0 fully saturated rings. The molecule has 0 aliphatic carbocycles. The SMILES string of the molecule is C=CC(=O)NCCc1ccc(OC(C)C)cc1. The number of ether oxygens (including phenoxy) is 1. The van der Waals surface area contributed by atoms with Crippen molar-refractivity contribution >= 4 is 5.91 Å². The van der Waals surface area contributed by atoms with Gasteiger partial charge >= 0.3 is 0 Å². The number of hydrogen-bond acceptors (Lipinski definition) is 2. The molecular weight excluding hydrogens is 214 g/mol. The Kier molecular flexibility index (Phi) is 5.27. The van der Waals surface area contributed by atoms with Gasteiger partial charge in [-0.3, -0.25) is 4.79 Å². The molecule has 0 aromatic heterocycles. The van der Waals surface area contributed by atoms with Crippen molar-refractivity contribution in [1.29, 1.82) is 0 Å². The number of carbonyl (C=O) groups excluding carboxylic acids is 1. The third-order valence-corrected chi connectivity index (χ3v) is 2.19. The second kappa shape index (κ2) is 6.74. The first-order chi connectivity index (χ1) is 8.11. The lowest BCUT2D eigenvalue weighted by Crippen LogP contribution is -2.23. The summed E-state index contributed by atoms with van der Waals surface area (Å²) < 4.78 is 5.55. The van der Waals surface area contributed by atoms with Crippen molar-refractivity contribution in [2.45, 2.75) is 26.4 Å². The highest BCUT2D eigenvalue weighted by molar-refractivity contribution is 5.86. The maximum absolute atomic E-state index is 10.9. The van der Waals surface area contributed by atoms with Crippen LogP contribution >= 0.6 is 0 Å². The van der Waals surface area contributed by atoms with Crippen LogP contribution in [0.2, 0.25) is 0 Å². The Labute approximate surface area is 102 Å². The van der Waals surface area contributed by atoms with Gasteiger partial charge in [-0.1, -0.05) is 18.7 Å². The summed E-state index contributed by atoms with van der Waals surface area (Å²) in [6.07, 6.45) is 2.27. The summed E-state index contributed by atoms with van der Waals surface area (Å²) >= 11 is 0. The van der Waals surface area contributed by atoms with Crippen molar-refractivity contribution in [3.63, 3.8) is 0 Å². The number of nitrogens with one attached hydrogen (secondary N) is 1. The van der Waals surface area contributed by atoms with E-state index in [1.807, 2.05) is 38.1 Å². The van der Waals surface area contributed by atoms with Gasteiger partial charge in [0.25, 0.3) is 0 Å². The Morgan fingerprint density at radius 1 is 1.41 bits per heavy atom. The molecule has 1 amide bonds. The summed E-state index contributed by atoms with van der Waals surface area (Å²) in [5.74, 6) is 0.739. The number of hydrogen-bond donors (Lipinski definition) is 1. The smallest absolute Gasteiger partial charge is 0.243 e. The van der Waals surface area contributed by atoms with E-state index in [0.29, 0.717) is 6.54 Å². The first-order valence-electron chi connectivity index (χ1n) is 5.77. The molecule has 0 atom stereocenters. The van der Waals surface area contributed by atoms with Gasteiger partial charge in [0.15, 0.2) is 0 Å². The number of carbonyl (C=O) groups is 1. The number of amides is 1. The minimum absolute atomic E-state index is 0.134. The molecule has 0 saturated carbocycles. The maximum atomic E-state index is 10.9. The third kappa shape index (κ3) is 5.20. The molecule has 3 heteroatoms. The van der Waals surface area contributed by atoms with Crippen LogP contribution in [0.25, 0.3) is 0 Å². The topological polar surface area (TPSA) is 38.3 Å². The van der Waals surface area contributed by atoms with Gasteiger partial charge in [-0.15, -0.1) is 0 Å². The minimum atomic E-state index is -0.134. The second-order valence-electron chi connectivity index (χ2n) is 4.06. The maximum Gasteiger partial charge on any atom is 0.243 e. The third-order valence-electron chi connectivity index (χ3n) is 2.19. The van der Waals surface area contributed by atoms with Crippen molar-refractivity contribution in [1.82, 2.24) is 5.32 Å². The van der Waals surface area contributed by atoms with Gasteiger partial charge in [-0.2, -0.15) is 0 Å². The van der Waals surface area contributed by atoms with E-state index in [9.17, 15) is 4.79 Å². The fourth-order valence-corrected chi connectivity index (χ4v) is 1.41. The van der Waals surface area contributed by atoms with Crippen molar-refractivity contribution < 1.29 is 9.53 Å². The fourth-order valence-electron chi connectivity index (χ4n) is 1.41. The fraction of sp³-hybridized carbons (Fsp3) is 0.357. The molecule has 1 aromatic carbocycles. The molecule has 0 radical (unpaired) electrons. The zero-order valence-electron chi connectivity index (χ0n) is 10.4. The molecule has 1 rings (SSSR count). The molecule has 0 bridgehead atoms. The van der Waals surface area contributed by atoms with Crippen LogP contribution in [0.15, 0.2) is 36.9 Å². The van der Waals surface area contributed by atoms with Crippen LogP contribution in [0.4, 0.5) is 0 Å². The van der Waals surface area contributed by atoms with E-state index >= 15 is 0 Å². The predicted octanol–water partition coefficient (Wildman–Crippen LogP) is 2.32. The molecule has 0 unspecified atom stereocenters. The van der Waals surface area contributed by atoms with Crippen molar-refractivity contribution in [2.75, 3.05) is 6.54 Å². The van der Waals surface area contributed by atoms with Gasteiger partial charge in [0.2, 0.25) is 5.91 Å². The summed E-state index contributed by atoms with van der Waals surface area (Å²) in [4.78, 5) is 10.9. The summed E-state index contributed by atoms with van der Waals surface area (Å²) in [5, 5.41) is 2.74. The molecule has 0 aliphatic heterocycles. The minimum Gasteiger partial charge on any atom is -0.491 e. The summed E-state index contributed by atoms with van der Waals surface area (Å²) in [5.41, 5.74) is 1.17. The molecule has 0 aliphatic rings. The van der Waals surface area contributed by atoms with Crippen LogP contribution in [0.3, 0.4) is 0 Å². The van der Waals surface area contributed by atoms with Crippen LogP contribution in [0.1, 0.15) is 19.4 Å². The molecule has 0 heterocycles. The van der Waals surface area contributed by atoms with E-state index in [1.165, 1.54) is 11.6 Å². The zero-order chi connectivity index (χ0) is 12.7. The lowest BCUT2D eigenvalue weighted by atomic mass is 10.1. The molecule has 0 spiro atoms. The summed E-state index contributed by atoms with van der Waals surface area (Å²) in [7, 11) is 0. The van der Waals surface area contributed by atoms with Gasteiger partial charge in [-0.25, -0.2) is 0 Å². The monoisotopic (exact) mass is 233 g/mol. The highest BCUT2D eigenvalue weighted by Gasteiger charge is 1.99. The highest BCUT2D eigenvalue weighted by atomic mass is 16.5. The van der Waals surface area contributed by atoms with Gasteiger partial charge in [0.05, 0.1) is 6.10 Å². The first-order valence-corrected chi connectivity index (χ1v) is 5.77. The predicted molar refractivity (Wildman–Crippen MR) is 69.1 cm³/mol. The Morgan fingerprint density at radius 3 is 2.59 bits per heavy atom. The summed E-state index contributed by atoms with van der Waals surface area (Å²) in [6.45, 7) is 8.01. The largest absolute Gasteiger partial charge is 0.491 e. The molecule has 3 nitrogen and oxygen atoms in total. The van der Waals surface area contributed by atoms with Gasteiger partial charge in [0, 0.05) is 6.54 Å². The van der Waals surface area contributed by atoms with Crippen LogP contribution in [0, 0.1) is 0 Å². The van der Waals surface area contributed by atoms with E-state index in [2.05, 4.69) is 11.9 Å². The van der Waals surface area contributed by atoms with Crippen molar-refractivity contribution in [3.05, 3.63) is 42.5 Å². The van der Waals surface area contributed by atoms with Crippen LogP contribution in [0.5, 0.6) is 5.75 Å². The van der Waals surface area contributed by atoms with Crippen LogP contribution in [-0.2, 0) is 11.2 Å². The lowest BCUT2D eigenvalue weighted by Gasteiger charge is -2.10. The molecular formula is C14H19NO2. The molecule has 0 saturated heterocycles. The van der Waals surface area contributed by atoms with Crippen LogP contribution < -0.4 is 10.1 Å². The Balaban J connectivity index is 2.40. The quantitative estimate of drug-likeness (QED) is 0.766. The lowest BCUT2D eigenvalue weighted by molar-refractivity contribution is -0.116. The standard InChI is InChI=1S/C14H19NO2/c1-4-14(16)15-10-9-12-5-7-13(8-6-12)17-11(2)3/h4-8,11H,1,9-10H2,2-3H3,(H,15,16). The van der Waals surface area contributed by atoms with E-state index in [1.54, 1.807) is 0 Å². The normalized spacial score (nSPS) is 10.1. The van der Waals surface area contributed by atoms with E-state index in [0.717, 1.165) is 12.2 Å². The molecule has 1 aromatic rings. The van der Waals surface area contributed by atoms with Crippen molar-refractivity contribution in [2.24, 2.45) is 0 Å². The number of rotatable bonds is 6. The van der Waals surface area contributed by atoms with Crippen molar-refractivity contribution in [3.8, 4) is 5.75 Å². The van der Waals surface area contributed by atoms with E-state index in [4.69, 9.17) is 4.74 Å². The Hall–Kier alpha value is -1.77. The first kappa shape index (κ1) is 13.3. The average Bonchev–Trinajstić information content (AvgIpc) is 2.30. The van der Waals surface area contributed by atoms with E-state index in [-0.39, 0.29) is 12.0 Å². The molecule has 17 heavy (non-hydrogen) atoms. The summed E-state index contributed by atoms with van der Waals surface area (Å²) in [6, 6.07) is 7.92. The average molecular weight is 233 g/mol. The van der Waals surface area contributed by atoms with Gasteiger partial charge in [0.1, 0.15) is 5.75 Å². The van der Waals surface area contributed by atoms with Gasteiger partial charge in [-0.05, 0) is 44.0 Å². The Morgan fingerprint density at radius 2 is 2.06 bits per heavy atom. The van der Waals surface area contributed by atoms with Gasteiger partial charge < -0.3 is 10.1 Å². The number of benzene rings is 1. The zero-order valence-corrected chi connectivity index (χ0v) is 10.4.